The predicted octanol–water partition coefficient (Wildman–Crippen LogP) is 10.3. The van der Waals surface area contributed by atoms with Crippen molar-refractivity contribution in [3.63, 3.8) is 0 Å². The summed E-state index contributed by atoms with van der Waals surface area (Å²) in [7, 11) is -4.12. The van der Waals surface area contributed by atoms with Crippen LogP contribution >= 0.6 is 0 Å². The first-order valence-electron chi connectivity index (χ1n) is 15.4. The minimum Gasteiger partial charge on any atom is -0.406 e. The molecule has 4 aromatic carbocycles. The highest BCUT2D eigenvalue weighted by atomic mass is 32.2. The minimum absolute atomic E-state index is 0.179. The molecule has 272 valence electrons. The molecule has 0 N–H and O–H groups in total. The molecule has 0 saturated heterocycles. The average Bonchev–Trinajstić information content (AvgIpc) is 3.09. The van der Waals surface area contributed by atoms with E-state index in [4.69, 9.17) is 0 Å². The molecule has 0 spiro atoms. The first kappa shape index (κ1) is 36.9. The third-order valence-electron chi connectivity index (χ3n) is 7.82. The van der Waals surface area contributed by atoms with Crippen LogP contribution < -0.4 is 9.47 Å². The number of halogens is 8. The normalized spacial score (nSPS) is 12.1. The summed E-state index contributed by atoms with van der Waals surface area (Å²) < 4.78 is 140. The van der Waals surface area contributed by atoms with Gasteiger partial charge in [-0.15, -0.1) is 26.3 Å². The zero-order valence-electron chi connectivity index (χ0n) is 26.9. The van der Waals surface area contributed by atoms with E-state index < -0.39 is 57.2 Å². The zero-order valence-corrected chi connectivity index (χ0v) is 27.7. The van der Waals surface area contributed by atoms with Gasteiger partial charge in [-0.1, -0.05) is 60.7 Å². The summed E-state index contributed by atoms with van der Waals surface area (Å²) in [5.41, 5.74) is 2.64. The van der Waals surface area contributed by atoms with Gasteiger partial charge in [0.05, 0.1) is 22.9 Å². The Labute approximate surface area is 297 Å². The number of rotatable bonds is 10. The number of benzene rings is 4. The molecule has 0 saturated carbocycles. The lowest BCUT2D eigenvalue weighted by Crippen LogP contribution is -2.16. The largest absolute Gasteiger partial charge is 0.573 e. The van der Waals surface area contributed by atoms with Crippen molar-refractivity contribution in [2.75, 3.05) is 0 Å². The van der Waals surface area contributed by atoms with Crippen molar-refractivity contribution in [3.8, 4) is 56.3 Å². The molecule has 0 aliphatic rings. The molecule has 0 atom stereocenters. The Kier molecular flexibility index (Phi) is 10.2. The fourth-order valence-corrected chi connectivity index (χ4v) is 7.08. The summed E-state index contributed by atoms with van der Waals surface area (Å²) in [6.07, 6.45) is -6.84. The minimum atomic E-state index is -4.86. The van der Waals surface area contributed by atoms with Gasteiger partial charge >= 0.3 is 12.7 Å². The molecular formula is C38H24F8N2O4S. The maximum atomic E-state index is 15.4. The van der Waals surface area contributed by atoms with Gasteiger partial charge in [0.1, 0.15) is 23.1 Å². The summed E-state index contributed by atoms with van der Waals surface area (Å²) in [6, 6.07) is 24.2. The van der Waals surface area contributed by atoms with Gasteiger partial charge in [-0.05, 0) is 59.7 Å². The van der Waals surface area contributed by atoms with E-state index in [-0.39, 0.29) is 33.6 Å². The average molecular weight is 757 g/mol. The molecule has 6 aromatic rings. The SMILES string of the molecule is O=S(=O)(Cc1ccc(-c2ncccc2-c2ccc(OC(F)(F)F)cc2)cc1F)Cc1ccc(-c2ncccc2-c2ccc(OC(F)(F)F)cc2)cc1F. The van der Waals surface area contributed by atoms with Crippen molar-refractivity contribution in [3.05, 3.63) is 144 Å². The lowest BCUT2D eigenvalue weighted by molar-refractivity contribution is -0.275. The molecule has 6 nitrogen and oxygen atoms in total. The van der Waals surface area contributed by atoms with Crippen LogP contribution in [0.25, 0.3) is 44.8 Å². The number of sulfone groups is 1. The Bertz CT molecular complexity index is 2200. The van der Waals surface area contributed by atoms with Crippen LogP contribution in [0.15, 0.2) is 122 Å². The van der Waals surface area contributed by atoms with Crippen LogP contribution in [0.4, 0.5) is 35.1 Å². The molecule has 0 radical (unpaired) electrons. The lowest BCUT2D eigenvalue weighted by atomic mass is 9.98. The maximum absolute atomic E-state index is 15.4. The second-order valence-corrected chi connectivity index (χ2v) is 13.7. The van der Waals surface area contributed by atoms with Crippen molar-refractivity contribution in [1.82, 2.24) is 9.97 Å². The molecule has 15 heteroatoms. The molecule has 53 heavy (non-hydrogen) atoms. The van der Waals surface area contributed by atoms with Crippen LogP contribution in [-0.4, -0.2) is 31.1 Å². The van der Waals surface area contributed by atoms with Crippen molar-refractivity contribution in [2.45, 2.75) is 24.2 Å². The lowest BCUT2D eigenvalue weighted by Gasteiger charge is -2.13. The number of alkyl halides is 6. The Morgan fingerprint density at radius 2 is 0.868 bits per heavy atom. The smallest absolute Gasteiger partial charge is 0.406 e. The van der Waals surface area contributed by atoms with Gasteiger partial charge in [-0.3, -0.25) is 9.97 Å². The Morgan fingerprint density at radius 1 is 0.509 bits per heavy atom. The Morgan fingerprint density at radius 3 is 1.21 bits per heavy atom. The van der Waals surface area contributed by atoms with Crippen molar-refractivity contribution >= 4 is 9.84 Å². The van der Waals surface area contributed by atoms with Crippen molar-refractivity contribution in [1.29, 1.82) is 0 Å². The highest BCUT2D eigenvalue weighted by molar-refractivity contribution is 7.89. The summed E-state index contributed by atoms with van der Waals surface area (Å²) in [6.45, 7) is 0. The molecule has 0 amide bonds. The standard InChI is InChI=1S/C38H24F8N2O4S/c39-33-19-25(35-31(3-1-17-47-35)23-9-13-29(14-10-23)51-37(41,42)43)5-7-27(33)21-53(49,50)22-28-8-6-26(20-34(28)40)36-32(4-2-18-48-36)24-11-15-30(16-12-24)52-38(44,45)46/h1-20H,21-22H2. The molecule has 2 heterocycles. The van der Waals surface area contributed by atoms with E-state index in [1.807, 2.05) is 0 Å². The first-order valence-corrected chi connectivity index (χ1v) is 17.3. The summed E-state index contributed by atoms with van der Waals surface area (Å²) in [5, 5.41) is 0. The van der Waals surface area contributed by atoms with Crippen LogP contribution in [0.3, 0.4) is 0 Å². The highest BCUT2D eigenvalue weighted by Gasteiger charge is 2.32. The topological polar surface area (TPSA) is 78.4 Å². The Hall–Kier alpha value is -5.83. The zero-order chi connectivity index (χ0) is 38.0. The second-order valence-electron chi connectivity index (χ2n) is 11.6. The van der Waals surface area contributed by atoms with Gasteiger partial charge in [0.25, 0.3) is 0 Å². The van der Waals surface area contributed by atoms with E-state index in [9.17, 15) is 34.8 Å². The van der Waals surface area contributed by atoms with Crippen LogP contribution in [0.1, 0.15) is 11.1 Å². The van der Waals surface area contributed by atoms with E-state index in [2.05, 4.69) is 19.4 Å². The maximum Gasteiger partial charge on any atom is 0.573 e. The van der Waals surface area contributed by atoms with Gasteiger partial charge in [-0.25, -0.2) is 17.2 Å². The highest BCUT2D eigenvalue weighted by Crippen LogP contribution is 2.35. The monoisotopic (exact) mass is 756 g/mol. The van der Waals surface area contributed by atoms with Crippen LogP contribution in [0.2, 0.25) is 0 Å². The fourth-order valence-electron chi connectivity index (χ4n) is 5.56. The molecule has 0 aliphatic carbocycles. The number of ether oxygens (including phenoxy) is 2. The van der Waals surface area contributed by atoms with E-state index in [1.54, 1.807) is 24.3 Å². The van der Waals surface area contributed by atoms with Crippen LogP contribution in [0.5, 0.6) is 11.5 Å². The second kappa shape index (κ2) is 14.7. The number of nitrogens with zero attached hydrogens (tertiary/aromatic N) is 2. The van der Waals surface area contributed by atoms with Gasteiger partial charge < -0.3 is 9.47 Å². The van der Waals surface area contributed by atoms with Gasteiger partial charge in [0.2, 0.25) is 0 Å². The third-order valence-corrected chi connectivity index (χ3v) is 9.32. The van der Waals surface area contributed by atoms with Crippen molar-refractivity contribution < 1.29 is 53.0 Å². The summed E-state index contributed by atoms with van der Waals surface area (Å²) in [4.78, 5) is 8.60. The number of aromatic nitrogens is 2. The summed E-state index contributed by atoms with van der Waals surface area (Å²) >= 11 is 0. The fraction of sp³-hybridized carbons (Fsp3) is 0.105. The van der Waals surface area contributed by atoms with Crippen LogP contribution in [-0.2, 0) is 21.3 Å². The molecule has 0 fully saturated rings. The molecular weight excluding hydrogens is 732 g/mol. The molecule has 2 aromatic heterocycles. The molecule has 0 aliphatic heterocycles. The van der Waals surface area contributed by atoms with E-state index in [1.165, 1.54) is 60.9 Å². The van der Waals surface area contributed by atoms with Crippen LogP contribution in [0, 0.1) is 11.6 Å². The van der Waals surface area contributed by atoms with E-state index in [0.717, 1.165) is 36.4 Å². The number of pyridine rings is 2. The third kappa shape index (κ3) is 9.35. The number of hydrogen-bond donors (Lipinski definition) is 0. The van der Waals surface area contributed by atoms with Gasteiger partial charge in [0, 0.05) is 45.8 Å². The Balaban J connectivity index is 1.18. The van der Waals surface area contributed by atoms with Crippen molar-refractivity contribution in [2.24, 2.45) is 0 Å². The first-order chi connectivity index (χ1) is 25.0. The van der Waals surface area contributed by atoms with E-state index in [0.29, 0.717) is 22.3 Å². The van der Waals surface area contributed by atoms with E-state index >= 15 is 8.78 Å². The predicted molar refractivity (Wildman–Crippen MR) is 180 cm³/mol. The molecule has 6 rings (SSSR count). The number of hydrogen-bond acceptors (Lipinski definition) is 6. The summed E-state index contributed by atoms with van der Waals surface area (Å²) in [5.74, 6) is -4.09. The quantitative estimate of drug-likeness (QED) is 0.130. The van der Waals surface area contributed by atoms with Gasteiger partial charge in [-0.2, -0.15) is 0 Å². The van der Waals surface area contributed by atoms with Gasteiger partial charge in [0.15, 0.2) is 9.84 Å². The molecule has 0 unspecified atom stereocenters. The molecule has 0 bridgehead atoms.